The first-order chi connectivity index (χ1) is 29.2. The van der Waals surface area contributed by atoms with Gasteiger partial charge in [0.1, 0.15) is 23.6 Å². The standard InChI is InChI=1S/C23H24N4O3.C23H22N4O3/c2*1-14(2)29-21-9-6-15(12-16(21)13-24)23-26-22(27-30-23)19-5-3-4-18-17(19)7-8-20(18)25-10-11-28/h3-6,9,12,14,20,25,28H,7-8,10-11H2,1-2H3;3-6,9,12,14,28H,7-8,10-11H2,1-2H3/t20-;/m0./s1. The number of aliphatic hydroxyl groups excluding tert-OH is 2. The molecule has 3 N–H and O–H groups in total. The molecular formula is C46H46N8O6. The molecule has 306 valence electrons. The second kappa shape index (κ2) is 18.9. The van der Waals surface area contributed by atoms with Crippen LogP contribution in [0.15, 0.2) is 86.8 Å². The molecule has 1 atom stereocenters. The van der Waals surface area contributed by atoms with E-state index in [4.69, 9.17) is 28.7 Å². The predicted molar refractivity (Wildman–Crippen MR) is 224 cm³/mol. The lowest BCUT2D eigenvalue weighted by molar-refractivity contribution is 0.241. The Bertz CT molecular complexity index is 2580. The average molecular weight is 807 g/mol. The van der Waals surface area contributed by atoms with E-state index >= 15 is 0 Å². The number of ether oxygens (including phenoxy) is 2. The van der Waals surface area contributed by atoms with E-state index in [1.807, 2.05) is 70.2 Å². The number of nitrogens with zero attached hydrogens (tertiary/aromatic N) is 7. The summed E-state index contributed by atoms with van der Waals surface area (Å²) >= 11 is 0. The number of hydrogen-bond donors (Lipinski definition) is 3. The number of rotatable bonds is 13. The smallest absolute Gasteiger partial charge is 0.258 e. The number of aliphatic hydroxyl groups is 2. The van der Waals surface area contributed by atoms with Gasteiger partial charge in [-0.05, 0) is 112 Å². The summed E-state index contributed by atoms with van der Waals surface area (Å²) in [5.41, 5.74) is 9.71. The number of nitrogens with one attached hydrogen (secondary N) is 1. The van der Waals surface area contributed by atoms with Crippen molar-refractivity contribution < 1.29 is 28.7 Å². The van der Waals surface area contributed by atoms with Crippen molar-refractivity contribution in [1.29, 1.82) is 10.5 Å². The molecular weight excluding hydrogens is 761 g/mol. The zero-order valence-corrected chi connectivity index (χ0v) is 34.0. The molecule has 2 aliphatic rings. The lowest BCUT2D eigenvalue weighted by Crippen LogP contribution is -2.22. The van der Waals surface area contributed by atoms with Gasteiger partial charge in [-0.25, -0.2) is 0 Å². The minimum atomic E-state index is -0.0241. The van der Waals surface area contributed by atoms with Gasteiger partial charge in [0.2, 0.25) is 11.6 Å². The largest absolute Gasteiger partial charge is 0.490 e. The highest BCUT2D eigenvalue weighted by atomic mass is 16.5. The van der Waals surface area contributed by atoms with Gasteiger partial charge in [-0.15, -0.1) is 0 Å². The Hall–Kier alpha value is -6.71. The lowest BCUT2D eigenvalue weighted by atomic mass is 10.0. The van der Waals surface area contributed by atoms with Crippen LogP contribution in [0.3, 0.4) is 0 Å². The Morgan fingerprint density at radius 3 is 1.85 bits per heavy atom. The minimum Gasteiger partial charge on any atom is -0.490 e. The summed E-state index contributed by atoms with van der Waals surface area (Å²) in [5, 5.41) is 48.8. The Morgan fingerprint density at radius 1 is 0.733 bits per heavy atom. The molecule has 2 aromatic heterocycles. The van der Waals surface area contributed by atoms with Gasteiger partial charge < -0.3 is 34.0 Å². The Kier molecular flexibility index (Phi) is 13.1. The molecule has 0 fully saturated rings. The molecule has 0 saturated carbocycles. The third-order valence-electron chi connectivity index (χ3n) is 10.0. The van der Waals surface area contributed by atoms with Gasteiger partial charge >= 0.3 is 0 Å². The SMILES string of the molecule is CC(C)Oc1ccc(-c2nc(-c3cccc4c3CCC4=NCCO)no2)cc1C#N.CC(C)Oc1ccc(-c2nc(-c3cccc4c3CC[C@@H]4NCCO)no2)cc1C#N. The number of hydrogen-bond acceptors (Lipinski definition) is 14. The van der Waals surface area contributed by atoms with Crippen molar-refractivity contribution in [2.45, 2.75) is 71.6 Å². The second-order valence-electron chi connectivity index (χ2n) is 14.9. The maximum absolute atomic E-state index is 9.46. The minimum absolute atomic E-state index is 0.0196. The van der Waals surface area contributed by atoms with Crippen molar-refractivity contribution >= 4 is 5.71 Å². The fourth-order valence-electron chi connectivity index (χ4n) is 7.49. The average Bonchev–Trinajstić information content (AvgIpc) is 4.09. The second-order valence-corrected chi connectivity index (χ2v) is 14.9. The molecule has 8 rings (SSSR count). The van der Waals surface area contributed by atoms with Crippen LogP contribution in [0.5, 0.6) is 11.5 Å². The van der Waals surface area contributed by atoms with E-state index in [-0.39, 0.29) is 31.5 Å². The van der Waals surface area contributed by atoms with Crippen LogP contribution in [0.4, 0.5) is 0 Å². The van der Waals surface area contributed by atoms with Crippen molar-refractivity contribution in [3.05, 3.63) is 106 Å². The van der Waals surface area contributed by atoms with Gasteiger partial charge in [0.05, 0.1) is 43.1 Å². The van der Waals surface area contributed by atoms with Gasteiger partial charge in [0.25, 0.3) is 11.8 Å². The molecule has 0 saturated heterocycles. The molecule has 0 aliphatic heterocycles. The summed E-state index contributed by atoms with van der Waals surface area (Å²) in [7, 11) is 0. The van der Waals surface area contributed by atoms with E-state index in [9.17, 15) is 10.5 Å². The van der Waals surface area contributed by atoms with E-state index in [2.05, 4.69) is 48.8 Å². The topological polar surface area (TPSA) is 209 Å². The van der Waals surface area contributed by atoms with Crippen molar-refractivity contribution in [2.75, 3.05) is 26.3 Å². The quantitative estimate of drug-likeness (QED) is 0.104. The zero-order valence-electron chi connectivity index (χ0n) is 34.0. The molecule has 6 aromatic rings. The third-order valence-corrected chi connectivity index (χ3v) is 10.0. The zero-order chi connectivity index (χ0) is 42.2. The van der Waals surface area contributed by atoms with E-state index in [1.165, 1.54) is 11.1 Å². The van der Waals surface area contributed by atoms with E-state index in [1.54, 1.807) is 24.3 Å². The number of benzene rings is 4. The molecule has 0 radical (unpaired) electrons. The van der Waals surface area contributed by atoms with Gasteiger partial charge in [-0.1, -0.05) is 46.7 Å². The molecule has 0 unspecified atom stereocenters. The van der Waals surface area contributed by atoms with Crippen LogP contribution in [-0.4, -0.2) is 74.7 Å². The van der Waals surface area contributed by atoms with E-state index < -0.39 is 0 Å². The molecule has 0 amide bonds. The van der Waals surface area contributed by atoms with Gasteiger partial charge in [-0.2, -0.15) is 20.5 Å². The van der Waals surface area contributed by atoms with Crippen LogP contribution >= 0.6 is 0 Å². The van der Waals surface area contributed by atoms with E-state index in [0.29, 0.717) is 70.3 Å². The Balaban J connectivity index is 0.000000181. The van der Waals surface area contributed by atoms with Gasteiger partial charge in [0.15, 0.2) is 0 Å². The van der Waals surface area contributed by atoms with Crippen LogP contribution in [-0.2, 0) is 12.8 Å². The molecule has 4 aromatic carbocycles. The van der Waals surface area contributed by atoms with Crippen LogP contribution in [0.1, 0.15) is 80.0 Å². The Morgan fingerprint density at radius 2 is 1.30 bits per heavy atom. The van der Waals surface area contributed by atoms with Gasteiger partial charge in [-0.3, -0.25) is 4.99 Å². The predicted octanol–water partition coefficient (Wildman–Crippen LogP) is 7.42. The van der Waals surface area contributed by atoms with Crippen molar-refractivity contribution in [2.24, 2.45) is 4.99 Å². The number of nitriles is 2. The van der Waals surface area contributed by atoms with E-state index in [0.717, 1.165) is 53.6 Å². The van der Waals surface area contributed by atoms with Crippen molar-refractivity contribution in [3.8, 4) is 69.3 Å². The lowest BCUT2D eigenvalue weighted by Gasteiger charge is -2.13. The van der Waals surface area contributed by atoms with Crippen molar-refractivity contribution in [3.63, 3.8) is 0 Å². The summed E-state index contributed by atoms with van der Waals surface area (Å²) in [4.78, 5) is 13.6. The maximum atomic E-state index is 9.46. The van der Waals surface area contributed by atoms with Crippen LogP contribution in [0.2, 0.25) is 0 Å². The first-order valence-corrected chi connectivity index (χ1v) is 20.0. The highest BCUT2D eigenvalue weighted by Gasteiger charge is 2.27. The highest BCUT2D eigenvalue weighted by molar-refractivity contribution is 6.06. The van der Waals surface area contributed by atoms with Crippen LogP contribution in [0.25, 0.3) is 45.7 Å². The first-order valence-electron chi connectivity index (χ1n) is 20.0. The summed E-state index contributed by atoms with van der Waals surface area (Å²) < 4.78 is 22.4. The Labute approximate surface area is 348 Å². The third kappa shape index (κ3) is 9.12. The molecule has 14 nitrogen and oxygen atoms in total. The molecule has 0 bridgehead atoms. The van der Waals surface area contributed by atoms with Crippen LogP contribution < -0.4 is 14.8 Å². The highest BCUT2D eigenvalue weighted by Crippen LogP contribution is 2.38. The first kappa shape index (κ1) is 41.4. The number of aliphatic imine (C=N–C) groups is 1. The summed E-state index contributed by atoms with van der Waals surface area (Å²) in [6.45, 7) is 8.80. The molecule has 60 heavy (non-hydrogen) atoms. The summed E-state index contributed by atoms with van der Waals surface area (Å²) in [6.07, 6.45) is 3.52. The summed E-state index contributed by atoms with van der Waals surface area (Å²) in [5.74, 6) is 2.83. The summed E-state index contributed by atoms with van der Waals surface area (Å²) in [6, 6.07) is 27.2. The maximum Gasteiger partial charge on any atom is 0.258 e. The number of aromatic nitrogens is 4. The van der Waals surface area contributed by atoms with Gasteiger partial charge in [0, 0.05) is 40.6 Å². The molecule has 2 aliphatic carbocycles. The normalized spacial score (nSPS) is 14.7. The van der Waals surface area contributed by atoms with Crippen LogP contribution in [0, 0.1) is 22.7 Å². The fourth-order valence-corrected chi connectivity index (χ4v) is 7.49. The van der Waals surface area contributed by atoms with Crippen molar-refractivity contribution in [1.82, 2.24) is 25.6 Å². The number of fused-ring (bicyclic) bond motifs is 2. The molecule has 14 heteroatoms. The molecule has 0 spiro atoms. The molecule has 2 heterocycles. The fraction of sp³-hybridized carbons (Fsp3) is 0.326. The monoisotopic (exact) mass is 806 g/mol.